The zero-order chi connectivity index (χ0) is 16.1. The monoisotopic (exact) mass is 380 g/mol. The van der Waals surface area contributed by atoms with Gasteiger partial charge in [-0.15, -0.1) is 11.3 Å². The molecule has 0 unspecified atom stereocenters. The normalized spacial score (nSPS) is 10.3. The van der Waals surface area contributed by atoms with Crippen molar-refractivity contribution in [3.8, 4) is 0 Å². The summed E-state index contributed by atoms with van der Waals surface area (Å²) < 4.78 is 1.04. The van der Waals surface area contributed by atoms with Gasteiger partial charge >= 0.3 is 0 Å². The number of aryl methyl sites for hydroxylation is 1. The zero-order valence-electron chi connectivity index (χ0n) is 12.4. The van der Waals surface area contributed by atoms with Crippen LogP contribution in [0.4, 0.5) is 0 Å². The molecule has 0 spiro atoms. The Hall–Kier alpha value is -1.66. The first-order valence-electron chi connectivity index (χ1n) is 6.79. The highest BCUT2D eigenvalue weighted by atomic mass is 79.9. The zero-order valence-corrected chi connectivity index (χ0v) is 14.8. The first kappa shape index (κ1) is 16.7. The fourth-order valence-corrected chi connectivity index (χ4v) is 3.51. The number of carbonyl (C=O) groups is 2. The van der Waals surface area contributed by atoms with Gasteiger partial charge in [0.15, 0.2) is 0 Å². The van der Waals surface area contributed by atoms with Gasteiger partial charge in [-0.25, -0.2) is 0 Å². The Kier molecular flexibility index (Phi) is 5.74. The molecule has 0 fully saturated rings. The fraction of sp³-hybridized carbons (Fsp3) is 0.250. The number of carbonyl (C=O) groups excluding carboxylic acids is 2. The van der Waals surface area contributed by atoms with Crippen LogP contribution in [0.5, 0.6) is 0 Å². The molecule has 0 saturated carbocycles. The van der Waals surface area contributed by atoms with Gasteiger partial charge in [-0.1, -0.05) is 18.2 Å². The van der Waals surface area contributed by atoms with E-state index in [-0.39, 0.29) is 18.4 Å². The van der Waals surface area contributed by atoms with Crippen LogP contribution in [-0.2, 0) is 11.3 Å². The van der Waals surface area contributed by atoms with Gasteiger partial charge in [0.25, 0.3) is 5.91 Å². The second-order valence-electron chi connectivity index (χ2n) is 4.95. The van der Waals surface area contributed by atoms with E-state index in [1.54, 1.807) is 29.4 Å². The third-order valence-electron chi connectivity index (χ3n) is 3.24. The maximum atomic E-state index is 12.1. The van der Waals surface area contributed by atoms with E-state index in [0.717, 1.165) is 14.2 Å². The van der Waals surface area contributed by atoms with Gasteiger partial charge in [-0.3, -0.25) is 9.59 Å². The minimum Gasteiger partial charge on any atom is -0.343 e. The second kappa shape index (κ2) is 7.56. The van der Waals surface area contributed by atoms with Gasteiger partial charge in [0.2, 0.25) is 5.91 Å². The smallest absolute Gasteiger partial charge is 0.251 e. The molecule has 0 aliphatic rings. The SMILES string of the molecule is Cc1ccccc1C(=O)NCC(=O)N(C)Cc1ccc(Br)s1. The molecule has 0 radical (unpaired) electrons. The van der Waals surface area contributed by atoms with Crippen molar-refractivity contribution >= 4 is 39.1 Å². The van der Waals surface area contributed by atoms with Crippen LogP contribution >= 0.6 is 27.3 Å². The van der Waals surface area contributed by atoms with E-state index in [2.05, 4.69) is 21.2 Å². The van der Waals surface area contributed by atoms with Crippen molar-refractivity contribution in [1.29, 1.82) is 0 Å². The lowest BCUT2D eigenvalue weighted by molar-refractivity contribution is -0.129. The van der Waals surface area contributed by atoms with E-state index in [0.29, 0.717) is 12.1 Å². The Morgan fingerprint density at radius 3 is 2.59 bits per heavy atom. The number of amides is 2. The average Bonchev–Trinajstić information content (AvgIpc) is 2.90. The first-order chi connectivity index (χ1) is 10.5. The molecular formula is C16H17BrN2O2S. The maximum absolute atomic E-state index is 12.1. The molecule has 1 heterocycles. The Bertz CT molecular complexity index is 684. The number of hydrogen-bond acceptors (Lipinski definition) is 3. The number of nitrogens with one attached hydrogen (secondary N) is 1. The summed E-state index contributed by atoms with van der Waals surface area (Å²) >= 11 is 4.99. The van der Waals surface area contributed by atoms with Crippen molar-refractivity contribution in [2.45, 2.75) is 13.5 Å². The van der Waals surface area contributed by atoms with Crippen LogP contribution in [0.25, 0.3) is 0 Å². The molecule has 2 amide bonds. The number of rotatable bonds is 5. The van der Waals surface area contributed by atoms with Gasteiger partial charge in [-0.05, 0) is 46.6 Å². The number of thiophene rings is 1. The number of hydrogen-bond donors (Lipinski definition) is 1. The van der Waals surface area contributed by atoms with E-state index in [1.807, 2.05) is 37.3 Å². The molecule has 0 bridgehead atoms. The highest BCUT2D eigenvalue weighted by molar-refractivity contribution is 9.11. The van der Waals surface area contributed by atoms with E-state index in [1.165, 1.54) is 0 Å². The molecule has 2 rings (SSSR count). The molecule has 0 aliphatic carbocycles. The van der Waals surface area contributed by atoms with Crippen molar-refractivity contribution < 1.29 is 9.59 Å². The van der Waals surface area contributed by atoms with Gasteiger partial charge in [-0.2, -0.15) is 0 Å². The quantitative estimate of drug-likeness (QED) is 0.865. The molecule has 22 heavy (non-hydrogen) atoms. The van der Waals surface area contributed by atoms with Crippen molar-refractivity contribution in [2.24, 2.45) is 0 Å². The molecule has 1 aromatic carbocycles. The maximum Gasteiger partial charge on any atom is 0.251 e. The van der Waals surface area contributed by atoms with E-state index in [9.17, 15) is 9.59 Å². The summed E-state index contributed by atoms with van der Waals surface area (Å²) in [5, 5.41) is 2.68. The predicted octanol–water partition coefficient (Wildman–Crippen LogP) is 3.21. The van der Waals surface area contributed by atoms with E-state index >= 15 is 0 Å². The van der Waals surface area contributed by atoms with Crippen LogP contribution in [-0.4, -0.2) is 30.3 Å². The Labute approximate surface area is 142 Å². The molecule has 6 heteroatoms. The average molecular weight is 381 g/mol. The Balaban J connectivity index is 1.87. The summed E-state index contributed by atoms with van der Waals surface area (Å²) in [4.78, 5) is 26.8. The van der Waals surface area contributed by atoms with Crippen molar-refractivity contribution in [3.63, 3.8) is 0 Å². The lowest BCUT2D eigenvalue weighted by Gasteiger charge is -2.16. The highest BCUT2D eigenvalue weighted by Crippen LogP contribution is 2.22. The molecule has 0 saturated heterocycles. The van der Waals surface area contributed by atoms with Gasteiger partial charge in [0.05, 0.1) is 16.9 Å². The van der Waals surface area contributed by atoms with Crippen LogP contribution in [0.2, 0.25) is 0 Å². The third kappa shape index (κ3) is 4.42. The van der Waals surface area contributed by atoms with Crippen molar-refractivity contribution in [3.05, 3.63) is 56.2 Å². The van der Waals surface area contributed by atoms with Crippen LogP contribution < -0.4 is 5.32 Å². The van der Waals surface area contributed by atoms with Crippen LogP contribution in [0.3, 0.4) is 0 Å². The highest BCUT2D eigenvalue weighted by Gasteiger charge is 2.13. The van der Waals surface area contributed by atoms with Crippen LogP contribution in [0.1, 0.15) is 20.8 Å². The number of halogens is 1. The van der Waals surface area contributed by atoms with Gasteiger partial charge in [0, 0.05) is 17.5 Å². The van der Waals surface area contributed by atoms with E-state index < -0.39 is 0 Å². The summed E-state index contributed by atoms with van der Waals surface area (Å²) in [6.45, 7) is 2.41. The topological polar surface area (TPSA) is 49.4 Å². The van der Waals surface area contributed by atoms with Gasteiger partial charge < -0.3 is 10.2 Å². The first-order valence-corrected chi connectivity index (χ1v) is 8.40. The van der Waals surface area contributed by atoms with Crippen molar-refractivity contribution in [2.75, 3.05) is 13.6 Å². The Morgan fingerprint density at radius 1 is 1.23 bits per heavy atom. The number of benzene rings is 1. The number of nitrogens with zero attached hydrogens (tertiary/aromatic N) is 1. The van der Waals surface area contributed by atoms with Crippen LogP contribution in [0.15, 0.2) is 40.2 Å². The summed E-state index contributed by atoms with van der Waals surface area (Å²) in [6, 6.07) is 11.2. The lowest BCUT2D eigenvalue weighted by atomic mass is 10.1. The predicted molar refractivity (Wildman–Crippen MR) is 92.0 cm³/mol. The van der Waals surface area contributed by atoms with Crippen molar-refractivity contribution in [1.82, 2.24) is 10.2 Å². The van der Waals surface area contributed by atoms with Crippen LogP contribution in [0, 0.1) is 6.92 Å². The minimum absolute atomic E-state index is 0.00376. The van der Waals surface area contributed by atoms with E-state index in [4.69, 9.17) is 0 Å². The molecule has 0 atom stereocenters. The molecule has 1 aromatic heterocycles. The molecule has 1 N–H and O–H groups in total. The fourth-order valence-electron chi connectivity index (χ4n) is 1.97. The second-order valence-corrected chi connectivity index (χ2v) is 7.50. The molecule has 2 aromatic rings. The minimum atomic E-state index is -0.223. The standard InChI is InChI=1S/C16H17BrN2O2S/c1-11-5-3-4-6-13(11)16(21)18-9-15(20)19(2)10-12-7-8-14(17)22-12/h3-8H,9-10H2,1-2H3,(H,18,21). The summed E-state index contributed by atoms with van der Waals surface area (Å²) in [5.41, 5.74) is 1.49. The van der Waals surface area contributed by atoms with Gasteiger partial charge in [0.1, 0.15) is 0 Å². The Morgan fingerprint density at radius 2 is 1.95 bits per heavy atom. The lowest BCUT2D eigenvalue weighted by Crippen LogP contribution is -2.37. The molecular weight excluding hydrogens is 364 g/mol. The third-order valence-corrected chi connectivity index (χ3v) is 4.85. The summed E-state index contributed by atoms with van der Waals surface area (Å²) in [7, 11) is 1.73. The largest absolute Gasteiger partial charge is 0.343 e. The summed E-state index contributed by atoms with van der Waals surface area (Å²) in [5.74, 6) is -0.342. The molecule has 0 aliphatic heterocycles. The molecule has 116 valence electrons. The summed E-state index contributed by atoms with van der Waals surface area (Å²) in [6.07, 6.45) is 0. The number of likely N-dealkylation sites (N-methyl/N-ethyl adjacent to an activating group) is 1. The molecule has 4 nitrogen and oxygen atoms in total.